The highest BCUT2D eigenvalue weighted by Gasteiger charge is 2.21. The molecule has 20 heavy (non-hydrogen) atoms. The van der Waals surface area contributed by atoms with E-state index in [9.17, 15) is 4.79 Å². The van der Waals surface area contributed by atoms with Gasteiger partial charge in [-0.05, 0) is 36.9 Å². The summed E-state index contributed by atoms with van der Waals surface area (Å²) in [5.41, 5.74) is 4.37. The van der Waals surface area contributed by atoms with E-state index < -0.39 is 0 Å². The zero-order valence-corrected chi connectivity index (χ0v) is 11.9. The summed E-state index contributed by atoms with van der Waals surface area (Å²) in [6.45, 7) is 5.02. The molecule has 2 rings (SSSR count). The van der Waals surface area contributed by atoms with Gasteiger partial charge in [-0.3, -0.25) is 15.1 Å². The third kappa shape index (κ3) is 3.56. The second-order valence-electron chi connectivity index (χ2n) is 5.54. The van der Waals surface area contributed by atoms with Gasteiger partial charge in [-0.25, -0.2) is 5.84 Å². The molecule has 0 bridgehead atoms. The monoisotopic (exact) mass is 277 g/mol. The maximum atomic E-state index is 11.5. The Morgan fingerprint density at radius 3 is 2.75 bits per heavy atom. The number of carbonyl (C=O) groups is 1. The van der Waals surface area contributed by atoms with Crippen LogP contribution in [0.25, 0.3) is 0 Å². The van der Waals surface area contributed by atoms with E-state index in [0.29, 0.717) is 5.92 Å². The van der Waals surface area contributed by atoms with Crippen LogP contribution in [0.5, 0.6) is 0 Å². The highest BCUT2D eigenvalue weighted by atomic mass is 16.3. The summed E-state index contributed by atoms with van der Waals surface area (Å²) in [5, 5.41) is 9.15. The zero-order valence-electron chi connectivity index (χ0n) is 11.9. The summed E-state index contributed by atoms with van der Waals surface area (Å²) in [7, 11) is 0. The van der Waals surface area contributed by atoms with Crippen molar-refractivity contribution in [3.63, 3.8) is 0 Å². The smallest absolute Gasteiger partial charge is 0.241 e. The van der Waals surface area contributed by atoms with E-state index in [2.05, 4.69) is 22.5 Å². The number of likely N-dealkylation sites (tertiary alicyclic amines) is 1. The van der Waals surface area contributed by atoms with Crippen molar-refractivity contribution in [1.29, 1.82) is 0 Å². The van der Waals surface area contributed by atoms with Gasteiger partial charge in [-0.15, -0.1) is 0 Å². The van der Waals surface area contributed by atoms with Gasteiger partial charge in [0.05, 0.1) is 5.92 Å². The van der Waals surface area contributed by atoms with Gasteiger partial charge in [0.15, 0.2) is 0 Å². The maximum Gasteiger partial charge on any atom is 0.241 e. The first-order valence-electron chi connectivity index (χ1n) is 7.06. The Labute approximate surface area is 119 Å². The number of hydrogen-bond acceptors (Lipinski definition) is 4. The predicted molar refractivity (Wildman–Crippen MR) is 77.7 cm³/mol. The minimum Gasteiger partial charge on any atom is -0.396 e. The quantitative estimate of drug-likeness (QED) is 0.418. The van der Waals surface area contributed by atoms with Crippen molar-refractivity contribution in [2.45, 2.75) is 25.8 Å². The van der Waals surface area contributed by atoms with E-state index in [1.807, 2.05) is 19.1 Å². The second-order valence-corrected chi connectivity index (χ2v) is 5.54. The molecule has 0 radical (unpaired) electrons. The maximum absolute atomic E-state index is 11.5. The normalized spacial score (nSPS) is 20.9. The molecule has 1 aromatic rings. The van der Waals surface area contributed by atoms with Gasteiger partial charge in [-0.2, -0.15) is 0 Å². The Morgan fingerprint density at radius 1 is 1.50 bits per heavy atom. The summed E-state index contributed by atoms with van der Waals surface area (Å²) < 4.78 is 0. The number of aliphatic hydroxyl groups excluding tert-OH is 1. The van der Waals surface area contributed by atoms with Crippen LogP contribution in [0.4, 0.5) is 0 Å². The first kappa shape index (κ1) is 15.0. The topological polar surface area (TPSA) is 78.6 Å². The number of rotatable bonds is 5. The van der Waals surface area contributed by atoms with Crippen LogP contribution in [0.15, 0.2) is 24.3 Å². The molecule has 2 atom stereocenters. The number of nitrogens with zero attached hydrogens (tertiary/aromatic N) is 1. The zero-order chi connectivity index (χ0) is 14.5. The van der Waals surface area contributed by atoms with Crippen molar-refractivity contribution < 1.29 is 9.90 Å². The van der Waals surface area contributed by atoms with Crippen LogP contribution in [-0.2, 0) is 11.3 Å². The number of amides is 1. The van der Waals surface area contributed by atoms with Gasteiger partial charge in [0, 0.05) is 19.7 Å². The van der Waals surface area contributed by atoms with Crippen LogP contribution >= 0.6 is 0 Å². The minimum atomic E-state index is -0.236. The Kier molecular flexibility index (Phi) is 5.11. The molecule has 110 valence electrons. The summed E-state index contributed by atoms with van der Waals surface area (Å²) in [6, 6.07) is 8.08. The first-order valence-corrected chi connectivity index (χ1v) is 7.06. The van der Waals surface area contributed by atoms with Crippen molar-refractivity contribution in [3.8, 4) is 0 Å². The fourth-order valence-corrected chi connectivity index (χ4v) is 2.65. The van der Waals surface area contributed by atoms with Gasteiger partial charge in [0.1, 0.15) is 0 Å². The average molecular weight is 277 g/mol. The predicted octanol–water partition coefficient (Wildman–Crippen LogP) is 0.594. The Bertz CT molecular complexity index is 447. The number of nitrogens with one attached hydrogen (secondary N) is 1. The van der Waals surface area contributed by atoms with Gasteiger partial charge >= 0.3 is 0 Å². The first-order chi connectivity index (χ1) is 9.63. The lowest BCUT2D eigenvalue weighted by Gasteiger charge is -2.16. The van der Waals surface area contributed by atoms with Crippen LogP contribution in [0.3, 0.4) is 0 Å². The van der Waals surface area contributed by atoms with E-state index in [-0.39, 0.29) is 18.4 Å². The van der Waals surface area contributed by atoms with Crippen LogP contribution in [0, 0.1) is 5.92 Å². The molecule has 1 fully saturated rings. The molecule has 0 saturated carbocycles. The van der Waals surface area contributed by atoms with Crippen LogP contribution in [-0.4, -0.2) is 35.6 Å². The minimum absolute atomic E-state index is 0.178. The van der Waals surface area contributed by atoms with Gasteiger partial charge in [-0.1, -0.05) is 24.3 Å². The molecule has 1 amide bonds. The van der Waals surface area contributed by atoms with E-state index in [1.165, 1.54) is 5.56 Å². The molecule has 0 spiro atoms. The molecule has 1 aromatic carbocycles. The van der Waals surface area contributed by atoms with Crippen LogP contribution in [0.1, 0.15) is 30.4 Å². The molecular formula is C15H23N3O2. The number of hydrogen-bond donors (Lipinski definition) is 3. The summed E-state index contributed by atoms with van der Waals surface area (Å²) in [6.07, 6.45) is 1.07. The Hall–Kier alpha value is -1.43. The van der Waals surface area contributed by atoms with E-state index in [4.69, 9.17) is 10.9 Å². The average Bonchev–Trinajstić information content (AvgIpc) is 2.94. The van der Waals surface area contributed by atoms with E-state index in [0.717, 1.165) is 31.6 Å². The third-order valence-electron chi connectivity index (χ3n) is 4.05. The standard InChI is InChI=1S/C15H23N3O2/c1-11(15(20)17-16)14-4-2-12(3-5-14)8-18-7-6-13(9-18)10-19/h2-5,11,13,19H,6-10,16H2,1H3,(H,17,20). The van der Waals surface area contributed by atoms with E-state index >= 15 is 0 Å². The lowest BCUT2D eigenvalue weighted by atomic mass is 9.99. The Balaban J connectivity index is 1.93. The molecule has 2 unspecified atom stereocenters. The summed E-state index contributed by atoms with van der Waals surface area (Å²) in [4.78, 5) is 13.8. The molecular weight excluding hydrogens is 254 g/mol. The second kappa shape index (κ2) is 6.83. The molecule has 5 heteroatoms. The lowest BCUT2D eigenvalue weighted by molar-refractivity contribution is -0.122. The lowest BCUT2D eigenvalue weighted by Crippen LogP contribution is -2.33. The van der Waals surface area contributed by atoms with Crippen molar-refractivity contribution in [3.05, 3.63) is 35.4 Å². The fourth-order valence-electron chi connectivity index (χ4n) is 2.65. The van der Waals surface area contributed by atoms with Crippen LogP contribution in [0.2, 0.25) is 0 Å². The van der Waals surface area contributed by atoms with Crippen molar-refractivity contribution in [2.75, 3.05) is 19.7 Å². The molecule has 1 saturated heterocycles. The molecule has 0 aromatic heterocycles. The highest BCUT2D eigenvalue weighted by molar-refractivity contribution is 5.82. The number of aliphatic hydroxyl groups is 1. The molecule has 4 N–H and O–H groups in total. The Morgan fingerprint density at radius 2 is 2.20 bits per heavy atom. The fraction of sp³-hybridized carbons (Fsp3) is 0.533. The molecule has 1 heterocycles. The largest absolute Gasteiger partial charge is 0.396 e. The molecule has 1 aliphatic rings. The number of hydrazine groups is 1. The van der Waals surface area contributed by atoms with Crippen molar-refractivity contribution >= 4 is 5.91 Å². The third-order valence-corrected chi connectivity index (χ3v) is 4.05. The molecule has 0 aliphatic carbocycles. The highest BCUT2D eigenvalue weighted by Crippen LogP contribution is 2.20. The van der Waals surface area contributed by atoms with Crippen LogP contribution < -0.4 is 11.3 Å². The summed E-state index contributed by atoms with van der Waals surface area (Å²) in [5.74, 6) is 5.15. The number of carbonyl (C=O) groups excluding carboxylic acids is 1. The van der Waals surface area contributed by atoms with Gasteiger partial charge < -0.3 is 5.11 Å². The van der Waals surface area contributed by atoms with Crippen molar-refractivity contribution in [1.82, 2.24) is 10.3 Å². The van der Waals surface area contributed by atoms with Crippen molar-refractivity contribution in [2.24, 2.45) is 11.8 Å². The number of benzene rings is 1. The van der Waals surface area contributed by atoms with Gasteiger partial charge in [0.25, 0.3) is 0 Å². The molecule has 1 aliphatic heterocycles. The number of nitrogens with two attached hydrogens (primary N) is 1. The SMILES string of the molecule is CC(C(=O)NN)c1ccc(CN2CCC(CO)C2)cc1. The molecule has 5 nitrogen and oxygen atoms in total. The summed E-state index contributed by atoms with van der Waals surface area (Å²) >= 11 is 0. The van der Waals surface area contributed by atoms with Gasteiger partial charge in [0.2, 0.25) is 5.91 Å². The van der Waals surface area contributed by atoms with E-state index in [1.54, 1.807) is 0 Å².